The van der Waals surface area contributed by atoms with Crippen molar-refractivity contribution in [1.82, 2.24) is 9.21 Å². The molecule has 28 heavy (non-hydrogen) atoms. The Morgan fingerprint density at radius 2 is 1.57 bits per heavy atom. The lowest BCUT2D eigenvalue weighted by Gasteiger charge is -2.34. The van der Waals surface area contributed by atoms with Crippen LogP contribution < -0.4 is 0 Å². The molecular weight excluding hydrogens is 375 g/mol. The van der Waals surface area contributed by atoms with Crippen molar-refractivity contribution in [2.45, 2.75) is 12.3 Å². The van der Waals surface area contributed by atoms with Gasteiger partial charge < -0.3 is 0 Å². The van der Waals surface area contributed by atoms with Crippen LogP contribution in [0.25, 0.3) is 10.8 Å². The van der Waals surface area contributed by atoms with E-state index >= 15 is 0 Å². The van der Waals surface area contributed by atoms with Gasteiger partial charge in [0.05, 0.1) is 5.75 Å². The van der Waals surface area contributed by atoms with Gasteiger partial charge in [0.2, 0.25) is 10.0 Å². The van der Waals surface area contributed by atoms with E-state index in [-0.39, 0.29) is 5.75 Å². The van der Waals surface area contributed by atoms with Gasteiger partial charge in [0, 0.05) is 32.7 Å². The van der Waals surface area contributed by atoms with Crippen LogP contribution in [-0.4, -0.2) is 43.8 Å². The first-order valence-corrected chi connectivity index (χ1v) is 11.0. The first-order valence-electron chi connectivity index (χ1n) is 9.42. The molecule has 0 bridgehead atoms. The Morgan fingerprint density at radius 1 is 0.857 bits per heavy atom. The molecule has 0 saturated carbocycles. The molecule has 1 fully saturated rings. The number of hydrogen-bond donors (Lipinski definition) is 0. The lowest BCUT2D eigenvalue weighted by Crippen LogP contribution is -2.48. The normalized spacial score (nSPS) is 16.5. The van der Waals surface area contributed by atoms with Crippen molar-refractivity contribution in [2.75, 3.05) is 26.2 Å². The zero-order valence-electron chi connectivity index (χ0n) is 15.6. The maximum Gasteiger partial charge on any atom is 0.218 e. The summed E-state index contributed by atoms with van der Waals surface area (Å²) in [6.07, 6.45) is 0. The number of hydrogen-bond acceptors (Lipinski definition) is 3. The molecule has 146 valence electrons. The van der Waals surface area contributed by atoms with Crippen LogP contribution in [0.5, 0.6) is 0 Å². The predicted molar refractivity (Wildman–Crippen MR) is 110 cm³/mol. The lowest BCUT2D eigenvalue weighted by atomic mass is 10.0. The third kappa shape index (κ3) is 4.24. The van der Waals surface area contributed by atoms with Crippen molar-refractivity contribution < 1.29 is 12.8 Å². The van der Waals surface area contributed by atoms with Crippen LogP contribution in [0.3, 0.4) is 0 Å². The van der Waals surface area contributed by atoms with Crippen LogP contribution in [0.2, 0.25) is 0 Å². The zero-order chi connectivity index (χ0) is 19.6. The fraction of sp³-hybridized carbons (Fsp3) is 0.273. The average molecular weight is 399 g/mol. The Labute approximate surface area is 165 Å². The minimum Gasteiger partial charge on any atom is -0.296 e. The van der Waals surface area contributed by atoms with E-state index in [2.05, 4.69) is 35.2 Å². The molecule has 4 rings (SSSR count). The van der Waals surface area contributed by atoms with Crippen molar-refractivity contribution in [3.8, 4) is 0 Å². The molecule has 1 aliphatic heterocycles. The Morgan fingerprint density at radius 3 is 2.36 bits per heavy atom. The second kappa shape index (κ2) is 7.99. The summed E-state index contributed by atoms with van der Waals surface area (Å²) in [5.74, 6) is -0.568. The monoisotopic (exact) mass is 398 g/mol. The summed E-state index contributed by atoms with van der Waals surface area (Å²) in [5, 5.41) is 2.46. The molecule has 1 saturated heterocycles. The van der Waals surface area contributed by atoms with Gasteiger partial charge in [-0.3, -0.25) is 4.90 Å². The van der Waals surface area contributed by atoms with Gasteiger partial charge in [0.15, 0.2) is 0 Å². The highest BCUT2D eigenvalue weighted by Gasteiger charge is 2.27. The highest BCUT2D eigenvalue weighted by Crippen LogP contribution is 2.21. The number of halogens is 1. The second-order valence-corrected chi connectivity index (χ2v) is 9.17. The Bertz CT molecular complexity index is 1070. The number of fused-ring (bicyclic) bond motifs is 1. The predicted octanol–water partition coefficient (Wildman–Crippen LogP) is 3.63. The Hall–Kier alpha value is -2.28. The molecule has 1 aliphatic rings. The second-order valence-electron chi connectivity index (χ2n) is 7.20. The van der Waals surface area contributed by atoms with Crippen molar-refractivity contribution in [2.24, 2.45) is 0 Å². The third-order valence-corrected chi connectivity index (χ3v) is 7.09. The summed E-state index contributed by atoms with van der Waals surface area (Å²) < 4.78 is 40.2. The molecular formula is C22H23FN2O2S. The van der Waals surface area contributed by atoms with E-state index < -0.39 is 15.8 Å². The van der Waals surface area contributed by atoms with Gasteiger partial charge in [-0.1, -0.05) is 54.6 Å². The molecule has 0 aromatic heterocycles. The third-order valence-electron chi connectivity index (χ3n) is 5.24. The minimum absolute atomic E-state index is 0.159. The fourth-order valence-corrected chi connectivity index (χ4v) is 5.27. The van der Waals surface area contributed by atoms with E-state index in [1.54, 1.807) is 12.1 Å². The quantitative estimate of drug-likeness (QED) is 0.659. The summed E-state index contributed by atoms with van der Waals surface area (Å²) in [6.45, 7) is 3.10. The van der Waals surface area contributed by atoms with Gasteiger partial charge in [-0.05, 0) is 34.0 Å². The molecule has 0 spiro atoms. The van der Waals surface area contributed by atoms with Crippen LogP contribution in [0.1, 0.15) is 11.1 Å². The van der Waals surface area contributed by atoms with Crippen molar-refractivity contribution in [3.63, 3.8) is 0 Å². The number of benzene rings is 3. The lowest BCUT2D eigenvalue weighted by molar-refractivity contribution is 0.182. The summed E-state index contributed by atoms with van der Waals surface area (Å²) in [5.41, 5.74) is 1.74. The maximum atomic E-state index is 13.3. The van der Waals surface area contributed by atoms with Crippen molar-refractivity contribution in [3.05, 3.63) is 83.7 Å². The molecule has 0 atom stereocenters. The van der Waals surface area contributed by atoms with E-state index in [1.807, 2.05) is 12.1 Å². The number of rotatable bonds is 5. The van der Waals surface area contributed by atoms with Gasteiger partial charge in [-0.2, -0.15) is 4.31 Å². The van der Waals surface area contributed by atoms with Crippen molar-refractivity contribution >= 4 is 20.8 Å². The minimum atomic E-state index is -3.44. The van der Waals surface area contributed by atoms with Gasteiger partial charge in [-0.25, -0.2) is 12.8 Å². The summed E-state index contributed by atoms with van der Waals surface area (Å²) in [6, 6.07) is 20.4. The van der Waals surface area contributed by atoms with E-state index in [4.69, 9.17) is 0 Å². The van der Waals surface area contributed by atoms with Crippen LogP contribution in [0.4, 0.5) is 4.39 Å². The number of piperazine rings is 1. The molecule has 0 aliphatic carbocycles. The standard InChI is InChI=1S/C22H23FN2O2S/c23-21-9-3-5-18(15-21)17-28(26,27)25-13-11-24(12-14-25)16-20-8-4-7-19-6-1-2-10-22(19)20/h1-10,15H,11-14,16-17H2. The highest BCUT2D eigenvalue weighted by atomic mass is 32.2. The largest absolute Gasteiger partial charge is 0.296 e. The first kappa shape index (κ1) is 19.1. The molecule has 0 unspecified atom stereocenters. The number of nitrogens with zero attached hydrogens (tertiary/aromatic N) is 2. The smallest absolute Gasteiger partial charge is 0.218 e. The van der Waals surface area contributed by atoms with Gasteiger partial charge in [0.25, 0.3) is 0 Å². The molecule has 1 heterocycles. The van der Waals surface area contributed by atoms with E-state index in [0.717, 1.165) is 6.54 Å². The zero-order valence-corrected chi connectivity index (χ0v) is 16.4. The molecule has 6 heteroatoms. The molecule has 0 radical (unpaired) electrons. The van der Waals surface area contributed by atoms with Gasteiger partial charge >= 0.3 is 0 Å². The number of sulfonamides is 1. The summed E-state index contributed by atoms with van der Waals surface area (Å²) in [4.78, 5) is 2.29. The molecule has 4 nitrogen and oxygen atoms in total. The molecule has 3 aromatic carbocycles. The summed E-state index contributed by atoms with van der Waals surface area (Å²) >= 11 is 0. The van der Waals surface area contributed by atoms with Crippen molar-refractivity contribution in [1.29, 1.82) is 0 Å². The first-order chi connectivity index (χ1) is 13.5. The van der Waals surface area contributed by atoms with Crippen LogP contribution in [-0.2, 0) is 22.3 Å². The highest BCUT2D eigenvalue weighted by molar-refractivity contribution is 7.88. The van der Waals surface area contributed by atoms with Crippen LogP contribution in [0.15, 0.2) is 66.7 Å². The van der Waals surface area contributed by atoms with Crippen LogP contribution in [0, 0.1) is 5.82 Å². The van der Waals surface area contributed by atoms with Gasteiger partial charge in [-0.15, -0.1) is 0 Å². The van der Waals surface area contributed by atoms with Gasteiger partial charge in [0.1, 0.15) is 5.82 Å². The molecule has 3 aromatic rings. The van der Waals surface area contributed by atoms with E-state index in [9.17, 15) is 12.8 Å². The maximum absolute atomic E-state index is 13.3. The van der Waals surface area contributed by atoms with Crippen LogP contribution >= 0.6 is 0 Å². The average Bonchev–Trinajstić information content (AvgIpc) is 2.68. The Balaban J connectivity index is 1.40. The topological polar surface area (TPSA) is 40.6 Å². The van der Waals surface area contributed by atoms with E-state index in [0.29, 0.717) is 31.7 Å². The van der Waals surface area contributed by atoms with E-state index in [1.165, 1.54) is 32.8 Å². The summed E-state index contributed by atoms with van der Waals surface area (Å²) in [7, 11) is -3.44. The molecule has 0 amide bonds. The fourth-order valence-electron chi connectivity index (χ4n) is 3.77. The molecule has 0 N–H and O–H groups in total. The Kier molecular flexibility index (Phi) is 5.44. The SMILES string of the molecule is O=S(=O)(Cc1cccc(F)c1)N1CCN(Cc2cccc3ccccc23)CC1.